The molecule has 0 aromatic heterocycles. The van der Waals surface area contributed by atoms with Crippen LogP contribution in [-0.4, -0.2) is 45.2 Å². The van der Waals surface area contributed by atoms with Gasteiger partial charge in [0.1, 0.15) is 29.2 Å². The van der Waals surface area contributed by atoms with Crippen LogP contribution in [0.1, 0.15) is 42.9 Å². The van der Waals surface area contributed by atoms with Crippen molar-refractivity contribution in [1.82, 2.24) is 5.32 Å². The molecule has 5 rings (SSSR count). The monoisotopic (exact) mass is 613 g/mol. The Bertz CT molecular complexity index is 1670. The van der Waals surface area contributed by atoms with E-state index in [9.17, 15) is 22.3 Å². The third kappa shape index (κ3) is 7.06. The standard InChI is InChI=1S/C32H33F2NO5S2/c1-41-32-28(18-22(33)19-29(32)34)27-12-8-21-17-25(40-42(2,37)38)11-13-26(21)30(27)31(36)20-6-9-24(10-7-20)39-16-14-23-5-3-4-15-35-23/h6-13,17-19,23,31,35-36H,3-5,14-16H2,1-2H3. The predicted octanol–water partition coefficient (Wildman–Crippen LogP) is 6.84. The van der Waals surface area contributed by atoms with Crippen molar-refractivity contribution >= 4 is 32.7 Å². The zero-order chi connectivity index (χ0) is 29.9. The molecule has 4 aromatic rings. The van der Waals surface area contributed by atoms with E-state index in [0.717, 1.165) is 43.5 Å². The average Bonchev–Trinajstić information content (AvgIpc) is 2.96. The molecule has 1 aliphatic heterocycles. The summed E-state index contributed by atoms with van der Waals surface area (Å²) < 4.78 is 63.7. The molecule has 0 saturated carbocycles. The fraction of sp³-hybridized carbons (Fsp3) is 0.312. The van der Waals surface area contributed by atoms with Crippen LogP contribution < -0.4 is 14.2 Å². The average molecular weight is 614 g/mol. The molecule has 42 heavy (non-hydrogen) atoms. The fourth-order valence-corrected chi connectivity index (χ4v) is 6.55. The van der Waals surface area contributed by atoms with E-state index < -0.39 is 27.9 Å². The third-order valence-corrected chi connectivity index (χ3v) is 8.72. The van der Waals surface area contributed by atoms with Crippen LogP contribution in [0.2, 0.25) is 0 Å². The minimum atomic E-state index is -3.75. The zero-order valence-electron chi connectivity index (χ0n) is 23.4. The molecule has 1 saturated heterocycles. The highest BCUT2D eigenvalue weighted by atomic mass is 32.2. The summed E-state index contributed by atoms with van der Waals surface area (Å²) in [5.41, 5.74) is 1.75. The highest BCUT2D eigenvalue weighted by Crippen LogP contribution is 2.42. The van der Waals surface area contributed by atoms with Gasteiger partial charge in [0.25, 0.3) is 0 Å². The van der Waals surface area contributed by atoms with Gasteiger partial charge in [0.05, 0.1) is 17.8 Å². The van der Waals surface area contributed by atoms with E-state index in [2.05, 4.69) is 5.32 Å². The van der Waals surface area contributed by atoms with Crippen LogP contribution in [0.15, 0.2) is 71.6 Å². The third-order valence-electron chi connectivity index (χ3n) is 7.40. The quantitative estimate of drug-likeness (QED) is 0.150. The number of ether oxygens (including phenoxy) is 1. The van der Waals surface area contributed by atoms with Crippen molar-refractivity contribution in [3.63, 3.8) is 0 Å². The van der Waals surface area contributed by atoms with Gasteiger partial charge in [-0.25, -0.2) is 8.78 Å². The van der Waals surface area contributed by atoms with Crippen molar-refractivity contribution in [2.45, 2.75) is 42.7 Å². The van der Waals surface area contributed by atoms with E-state index in [1.165, 1.54) is 25.0 Å². The second kappa shape index (κ2) is 13.0. The highest BCUT2D eigenvalue weighted by molar-refractivity contribution is 7.98. The Morgan fingerprint density at radius 2 is 1.76 bits per heavy atom. The van der Waals surface area contributed by atoms with Gasteiger partial charge >= 0.3 is 10.1 Å². The molecular weight excluding hydrogens is 580 g/mol. The summed E-state index contributed by atoms with van der Waals surface area (Å²) in [6.07, 6.45) is 5.99. The van der Waals surface area contributed by atoms with E-state index in [0.29, 0.717) is 51.4 Å². The maximum absolute atomic E-state index is 14.8. The first-order valence-corrected chi connectivity index (χ1v) is 16.8. The van der Waals surface area contributed by atoms with Crippen molar-refractivity contribution in [3.8, 4) is 22.6 Å². The van der Waals surface area contributed by atoms with Crippen molar-refractivity contribution in [3.05, 3.63) is 89.5 Å². The number of thioether (sulfide) groups is 1. The number of rotatable bonds is 10. The SMILES string of the molecule is CSc1c(F)cc(F)cc1-c1ccc2cc(OS(C)(=O)=O)ccc2c1C(O)c1ccc(OCCC2CCCCN2)cc1. The number of hydrogen-bond donors (Lipinski definition) is 2. The largest absolute Gasteiger partial charge is 0.494 e. The number of hydrogen-bond acceptors (Lipinski definition) is 7. The smallest absolute Gasteiger partial charge is 0.306 e. The van der Waals surface area contributed by atoms with Crippen LogP contribution in [0.5, 0.6) is 11.5 Å². The lowest BCUT2D eigenvalue weighted by molar-refractivity contribution is 0.222. The van der Waals surface area contributed by atoms with Crippen LogP contribution in [-0.2, 0) is 10.1 Å². The molecule has 2 atom stereocenters. The van der Waals surface area contributed by atoms with Gasteiger partial charge < -0.3 is 19.3 Å². The first kappa shape index (κ1) is 30.3. The first-order chi connectivity index (χ1) is 20.1. The van der Waals surface area contributed by atoms with Crippen LogP contribution >= 0.6 is 11.8 Å². The molecule has 1 aliphatic rings. The van der Waals surface area contributed by atoms with Gasteiger partial charge in [0.2, 0.25) is 0 Å². The number of aliphatic hydroxyl groups is 1. The van der Waals surface area contributed by atoms with Crippen LogP contribution in [0.3, 0.4) is 0 Å². The molecule has 0 bridgehead atoms. The lowest BCUT2D eigenvalue weighted by Crippen LogP contribution is -2.35. The molecule has 10 heteroatoms. The molecule has 2 unspecified atom stereocenters. The Morgan fingerprint density at radius 3 is 2.45 bits per heavy atom. The van der Waals surface area contributed by atoms with Gasteiger partial charge in [0.15, 0.2) is 0 Å². The first-order valence-electron chi connectivity index (χ1n) is 13.8. The van der Waals surface area contributed by atoms with Gasteiger partial charge in [-0.05, 0) is 84.3 Å². The minimum absolute atomic E-state index is 0.115. The van der Waals surface area contributed by atoms with E-state index >= 15 is 0 Å². The number of piperidine rings is 1. The lowest BCUT2D eigenvalue weighted by Gasteiger charge is -2.23. The van der Waals surface area contributed by atoms with Gasteiger partial charge in [-0.2, -0.15) is 8.42 Å². The Labute approximate surface area is 249 Å². The van der Waals surface area contributed by atoms with Crippen molar-refractivity contribution in [2.75, 3.05) is 25.7 Å². The lowest BCUT2D eigenvalue weighted by atomic mass is 9.88. The molecule has 1 heterocycles. The van der Waals surface area contributed by atoms with Crippen LogP contribution in [0.4, 0.5) is 8.78 Å². The Hall–Kier alpha value is -3.18. The minimum Gasteiger partial charge on any atom is -0.494 e. The predicted molar refractivity (Wildman–Crippen MR) is 163 cm³/mol. The normalized spacial score (nSPS) is 16.4. The number of benzene rings is 4. The number of aliphatic hydroxyl groups excluding tert-OH is 1. The molecule has 0 spiro atoms. The molecule has 0 radical (unpaired) electrons. The van der Waals surface area contributed by atoms with Crippen molar-refractivity contribution in [1.29, 1.82) is 0 Å². The van der Waals surface area contributed by atoms with Gasteiger partial charge in [-0.3, -0.25) is 0 Å². The Kier molecular flexibility index (Phi) is 9.37. The molecule has 222 valence electrons. The van der Waals surface area contributed by atoms with Gasteiger partial charge in [-0.15, -0.1) is 11.8 Å². The van der Waals surface area contributed by atoms with E-state index in [-0.39, 0.29) is 10.6 Å². The van der Waals surface area contributed by atoms with Gasteiger partial charge in [0, 0.05) is 23.2 Å². The molecule has 4 aromatic carbocycles. The number of halogens is 2. The second-order valence-electron chi connectivity index (χ2n) is 10.4. The van der Waals surface area contributed by atoms with Gasteiger partial charge in [-0.1, -0.05) is 36.8 Å². The second-order valence-corrected chi connectivity index (χ2v) is 12.8. The van der Waals surface area contributed by atoms with Crippen molar-refractivity contribution < 1.29 is 31.2 Å². The molecule has 6 nitrogen and oxygen atoms in total. The molecule has 2 N–H and O–H groups in total. The summed E-state index contributed by atoms with van der Waals surface area (Å²) >= 11 is 1.14. The molecule has 0 aliphatic carbocycles. The van der Waals surface area contributed by atoms with Crippen molar-refractivity contribution in [2.24, 2.45) is 0 Å². The van der Waals surface area contributed by atoms with E-state index in [4.69, 9.17) is 8.92 Å². The Balaban J connectivity index is 1.52. The maximum Gasteiger partial charge on any atom is 0.306 e. The molecule has 0 amide bonds. The Morgan fingerprint density at radius 1 is 1.00 bits per heavy atom. The summed E-state index contributed by atoms with van der Waals surface area (Å²) in [5.74, 6) is -0.633. The van der Waals surface area contributed by atoms with Crippen LogP contribution in [0.25, 0.3) is 21.9 Å². The zero-order valence-corrected chi connectivity index (χ0v) is 25.0. The summed E-state index contributed by atoms with van der Waals surface area (Å²) in [6, 6.07) is 17.8. The fourth-order valence-electron chi connectivity index (χ4n) is 5.46. The maximum atomic E-state index is 14.8. The topological polar surface area (TPSA) is 84.9 Å². The van der Waals surface area contributed by atoms with Crippen LogP contribution in [0, 0.1) is 11.6 Å². The summed E-state index contributed by atoms with van der Waals surface area (Å²) in [4.78, 5) is 0.248. The summed E-state index contributed by atoms with van der Waals surface area (Å²) in [5, 5.41) is 16.4. The summed E-state index contributed by atoms with van der Waals surface area (Å²) in [6.45, 7) is 1.62. The number of fused-ring (bicyclic) bond motifs is 1. The van der Waals surface area contributed by atoms with E-state index in [1.54, 1.807) is 54.8 Å². The highest BCUT2D eigenvalue weighted by Gasteiger charge is 2.23. The summed E-state index contributed by atoms with van der Waals surface area (Å²) in [7, 11) is -3.75. The molecule has 1 fully saturated rings. The molecular formula is C32H33F2NO5S2. The number of nitrogens with one attached hydrogen (secondary N) is 1. The van der Waals surface area contributed by atoms with E-state index in [1.807, 2.05) is 0 Å².